The van der Waals surface area contributed by atoms with Crippen LogP contribution in [-0.4, -0.2) is 17.6 Å². The van der Waals surface area contributed by atoms with Crippen molar-refractivity contribution in [2.45, 2.75) is 45.1 Å². The molecular formula is C15H21ClN2S. The van der Waals surface area contributed by atoms with Crippen LogP contribution in [0.25, 0.3) is 0 Å². The SMILES string of the molecule is CCC1CCCCCN1c1cc(Cl)ccc1C(N)=S. The first kappa shape index (κ1) is 14.6. The average Bonchev–Trinajstić information content (AvgIpc) is 2.63. The van der Waals surface area contributed by atoms with Gasteiger partial charge in [0.15, 0.2) is 0 Å². The first-order valence-electron chi connectivity index (χ1n) is 6.99. The van der Waals surface area contributed by atoms with Crippen molar-refractivity contribution in [1.29, 1.82) is 0 Å². The fraction of sp³-hybridized carbons (Fsp3) is 0.533. The molecule has 1 aliphatic rings. The molecule has 1 heterocycles. The normalized spacial score (nSPS) is 20.1. The Labute approximate surface area is 125 Å². The molecule has 1 fully saturated rings. The van der Waals surface area contributed by atoms with Crippen molar-refractivity contribution in [3.63, 3.8) is 0 Å². The third-order valence-corrected chi connectivity index (χ3v) is 4.34. The van der Waals surface area contributed by atoms with E-state index in [9.17, 15) is 0 Å². The number of anilines is 1. The topological polar surface area (TPSA) is 29.3 Å². The molecule has 4 heteroatoms. The van der Waals surface area contributed by atoms with Crippen LogP contribution in [0.15, 0.2) is 18.2 Å². The molecule has 0 aliphatic carbocycles. The number of thiocarbonyl (C=S) groups is 1. The Morgan fingerprint density at radius 3 is 2.89 bits per heavy atom. The van der Waals surface area contributed by atoms with Gasteiger partial charge in [0.2, 0.25) is 0 Å². The zero-order valence-corrected chi connectivity index (χ0v) is 12.9. The van der Waals surface area contributed by atoms with Crippen LogP contribution < -0.4 is 10.6 Å². The Morgan fingerprint density at radius 1 is 1.42 bits per heavy atom. The molecule has 0 saturated carbocycles. The molecule has 1 aliphatic heterocycles. The Balaban J connectivity index is 2.42. The van der Waals surface area contributed by atoms with Crippen molar-refractivity contribution >= 4 is 34.5 Å². The summed E-state index contributed by atoms with van der Waals surface area (Å²) in [7, 11) is 0. The highest BCUT2D eigenvalue weighted by molar-refractivity contribution is 7.80. The lowest BCUT2D eigenvalue weighted by molar-refractivity contribution is 0.556. The van der Waals surface area contributed by atoms with Gasteiger partial charge in [0.25, 0.3) is 0 Å². The van der Waals surface area contributed by atoms with Crippen LogP contribution in [0.2, 0.25) is 5.02 Å². The quantitative estimate of drug-likeness (QED) is 0.850. The molecule has 1 atom stereocenters. The Bertz CT molecular complexity index is 461. The van der Waals surface area contributed by atoms with E-state index in [4.69, 9.17) is 29.6 Å². The van der Waals surface area contributed by atoms with Gasteiger partial charge < -0.3 is 10.6 Å². The molecule has 1 aromatic rings. The fourth-order valence-electron chi connectivity index (χ4n) is 2.87. The number of nitrogens with two attached hydrogens (primary N) is 1. The predicted octanol–water partition coefficient (Wildman–Crippen LogP) is 4.13. The van der Waals surface area contributed by atoms with Crippen molar-refractivity contribution in [1.82, 2.24) is 0 Å². The summed E-state index contributed by atoms with van der Waals surface area (Å²) in [4.78, 5) is 2.90. The van der Waals surface area contributed by atoms with Crippen LogP contribution >= 0.6 is 23.8 Å². The van der Waals surface area contributed by atoms with Crippen LogP contribution in [0.4, 0.5) is 5.69 Å². The first-order valence-corrected chi connectivity index (χ1v) is 7.78. The summed E-state index contributed by atoms with van der Waals surface area (Å²) in [5, 5.41) is 0.745. The highest BCUT2D eigenvalue weighted by Crippen LogP contribution is 2.31. The third kappa shape index (κ3) is 3.40. The molecule has 1 unspecified atom stereocenters. The Kier molecular flexibility index (Phi) is 5.06. The minimum atomic E-state index is 0.450. The second-order valence-electron chi connectivity index (χ2n) is 5.13. The summed E-state index contributed by atoms with van der Waals surface area (Å²) in [6, 6.07) is 6.37. The van der Waals surface area contributed by atoms with E-state index in [0.717, 1.165) is 29.2 Å². The number of rotatable bonds is 3. The second kappa shape index (κ2) is 6.58. The lowest BCUT2D eigenvalue weighted by Crippen LogP contribution is -2.35. The summed E-state index contributed by atoms with van der Waals surface area (Å²) in [6.45, 7) is 3.31. The smallest absolute Gasteiger partial charge is 0.106 e. The predicted molar refractivity (Wildman–Crippen MR) is 87.2 cm³/mol. The first-order chi connectivity index (χ1) is 9.13. The van der Waals surface area contributed by atoms with Crippen LogP contribution in [0.1, 0.15) is 44.6 Å². The van der Waals surface area contributed by atoms with Gasteiger partial charge in [-0.15, -0.1) is 0 Å². The summed E-state index contributed by atoms with van der Waals surface area (Å²) >= 11 is 11.3. The molecule has 0 spiro atoms. The van der Waals surface area contributed by atoms with E-state index in [-0.39, 0.29) is 0 Å². The molecule has 104 valence electrons. The van der Waals surface area contributed by atoms with E-state index < -0.39 is 0 Å². The number of halogens is 1. The molecule has 0 aromatic heterocycles. The van der Waals surface area contributed by atoms with Crippen molar-refractivity contribution in [2.24, 2.45) is 5.73 Å². The van der Waals surface area contributed by atoms with E-state index >= 15 is 0 Å². The maximum Gasteiger partial charge on any atom is 0.106 e. The second-order valence-corrected chi connectivity index (χ2v) is 6.01. The molecule has 19 heavy (non-hydrogen) atoms. The van der Waals surface area contributed by atoms with Gasteiger partial charge in [0.1, 0.15) is 4.99 Å². The Morgan fingerprint density at radius 2 is 2.21 bits per heavy atom. The van der Waals surface area contributed by atoms with Crippen LogP contribution in [-0.2, 0) is 0 Å². The van der Waals surface area contributed by atoms with Gasteiger partial charge in [-0.3, -0.25) is 0 Å². The molecule has 0 bridgehead atoms. The van der Waals surface area contributed by atoms with Crippen molar-refractivity contribution < 1.29 is 0 Å². The van der Waals surface area contributed by atoms with Gasteiger partial charge in [-0.05, 0) is 37.5 Å². The van der Waals surface area contributed by atoms with E-state index in [0.29, 0.717) is 11.0 Å². The number of nitrogens with zero attached hydrogens (tertiary/aromatic N) is 1. The highest BCUT2D eigenvalue weighted by atomic mass is 35.5. The molecule has 2 nitrogen and oxygen atoms in total. The van der Waals surface area contributed by atoms with E-state index in [2.05, 4.69) is 11.8 Å². The van der Waals surface area contributed by atoms with Gasteiger partial charge in [0, 0.05) is 28.9 Å². The summed E-state index contributed by atoms with van der Waals surface area (Å²) in [5.41, 5.74) is 7.91. The lowest BCUT2D eigenvalue weighted by atomic mass is 10.1. The Hall–Kier alpha value is -0.800. The van der Waals surface area contributed by atoms with Crippen LogP contribution in [0.5, 0.6) is 0 Å². The zero-order valence-electron chi connectivity index (χ0n) is 11.4. The van der Waals surface area contributed by atoms with Crippen molar-refractivity contribution in [2.75, 3.05) is 11.4 Å². The van der Waals surface area contributed by atoms with Crippen LogP contribution in [0, 0.1) is 0 Å². The molecule has 0 amide bonds. The lowest BCUT2D eigenvalue weighted by Gasteiger charge is -2.33. The minimum absolute atomic E-state index is 0.450. The monoisotopic (exact) mass is 296 g/mol. The van der Waals surface area contributed by atoms with Crippen molar-refractivity contribution in [3.05, 3.63) is 28.8 Å². The largest absolute Gasteiger partial charge is 0.389 e. The summed E-state index contributed by atoms with van der Waals surface area (Å²) < 4.78 is 0. The number of hydrogen-bond acceptors (Lipinski definition) is 2. The van der Waals surface area contributed by atoms with Gasteiger partial charge in [-0.2, -0.15) is 0 Å². The number of hydrogen-bond donors (Lipinski definition) is 1. The van der Waals surface area contributed by atoms with E-state index in [1.807, 2.05) is 18.2 Å². The molecule has 2 rings (SSSR count). The fourth-order valence-corrected chi connectivity index (χ4v) is 3.21. The van der Waals surface area contributed by atoms with Gasteiger partial charge in [-0.1, -0.05) is 43.6 Å². The maximum absolute atomic E-state index is 6.16. The van der Waals surface area contributed by atoms with Gasteiger partial charge in [0.05, 0.1) is 0 Å². The zero-order chi connectivity index (χ0) is 13.8. The summed E-state index contributed by atoms with van der Waals surface area (Å²) in [6.07, 6.45) is 6.21. The van der Waals surface area contributed by atoms with Gasteiger partial charge in [-0.25, -0.2) is 0 Å². The standard InChI is InChI=1S/C15H21ClN2S/c1-2-12-6-4-3-5-9-18(12)14-10-11(16)7-8-13(14)15(17)19/h7-8,10,12H,2-6,9H2,1H3,(H2,17,19). The van der Waals surface area contributed by atoms with E-state index in [1.165, 1.54) is 25.7 Å². The van der Waals surface area contributed by atoms with Crippen LogP contribution in [0.3, 0.4) is 0 Å². The minimum Gasteiger partial charge on any atom is -0.389 e. The highest BCUT2D eigenvalue weighted by Gasteiger charge is 2.22. The molecular weight excluding hydrogens is 276 g/mol. The number of benzene rings is 1. The van der Waals surface area contributed by atoms with Gasteiger partial charge >= 0.3 is 0 Å². The summed E-state index contributed by atoms with van der Waals surface area (Å²) in [5.74, 6) is 0. The molecule has 1 aromatic carbocycles. The molecule has 1 saturated heterocycles. The molecule has 0 radical (unpaired) electrons. The average molecular weight is 297 g/mol. The molecule has 2 N–H and O–H groups in total. The third-order valence-electron chi connectivity index (χ3n) is 3.88. The van der Waals surface area contributed by atoms with Crippen molar-refractivity contribution in [3.8, 4) is 0 Å². The van der Waals surface area contributed by atoms with E-state index in [1.54, 1.807) is 0 Å². The maximum atomic E-state index is 6.16.